The van der Waals surface area contributed by atoms with Crippen molar-refractivity contribution >= 4 is 28.6 Å². The molecule has 5 rings (SSSR count). The highest BCUT2D eigenvalue weighted by Gasteiger charge is 2.23. The third kappa shape index (κ3) is 4.39. The number of hydrogen-bond acceptors (Lipinski definition) is 4. The number of benzene rings is 2. The first kappa shape index (κ1) is 21.0. The third-order valence-corrected chi connectivity index (χ3v) is 6.21. The van der Waals surface area contributed by atoms with Crippen molar-refractivity contribution in [3.8, 4) is 11.4 Å². The van der Waals surface area contributed by atoms with Crippen LogP contribution in [0.5, 0.6) is 0 Å². The van der Waals surface area contributed by atoms with Crippen molar-refractivity contribution in [3.63, 3.8) is 0 Å². The number of imidazole rings is 1. The van der Waals surface area contributed by atoms with E-state index in [1.54, 1.807) is 36.8 Å². The van der Waals surface area contributed by atoms with Gasteiger partial charge in [0.1, 0.15) is 12.1 Å². The number of furan rings is 1. The molecular formula is C26H25N3O4. The third-order valence-electron chi connectivity index (χ3n) is 6.21. The predicted octanol–water partition coefficient (Wildman–Crippen LogP) is 5.68. The molecule has 1 fully saturated rings. The highest BCUT2D eigenvalue weighted by molar-refractivity contribution is 6.06. The highest BCUT2D eigenvalue weighted by Crippen LogP contribution is 2.36. The fraction of sp³-hybridized carbons (Fsp3) is 0.269. The summed E-state index contributed by atoms with van der Waals surface area (Å²) in [6.45, 7) is 0. The number of aliphatic carboxylic acids is 1. The number of nitrogens with zero attached hydrogens (tertiary/aromatic N) is 2. The van der Waals surface area contributed by atoms with Crippen molar-refractivity contribution in [2.24, 2.45) is 0 Å². The second-order valence-electron chi connectivity index (χ2n) is 8.54. The van der Waals surface area contributed by atoms with Gasteiger partial charge in [0, 0.05) is 17.3 Å². The normalized spacial score (nSPS) is 14.4. The zero-order chi connectivity index (χ0) is 22.8. The highest BCUT2D eigenvalue weighted by atomic mass is 16.4. The number of rotatable bonds is 6. The van der Waals surface area contributed by atoms with Crippen LogP contribution < -0.4 is 5.32 Å². The first-order valence-corrected chi connectivity index (χ1v) is 11.2. The molecule has 2 N–H and O–H groups in total. The smallest absolute Gasteiger partial charge is 0.307 e. The molecule has 1 saturated carbocycles. The van der Waals surface area contributed by atoms with Crippen molar-refractivity contribution < 1.29 is 19.1 Å². The van der Waals surface area contributed by atoms with E-state index in [4.69, 9.17) is 14.5 Å². The van der Waals surface area contributed by atoms with Crippen LogP contribution in [0.4, 0.5) is 5.69 Å². The molecule has 1 amide bonds. The van der Waals surface area contributed by atoms with Crippen LogP contribution in [0.3, 0.4) is 0 Å². The molecule has 7 nitrogen and oxygen atoms in total. The summed E-state index contributed by atoms with van der Waals surface area (Å²) in [7, 11) is 0. The molecule has 168 valence electrons. The molecule has 0 saturated heterocycles. The van der Waals surface area contributed by atoms with Gasteiger partial charge in [-0.25, -0.2) is 4.98 Å². The lowest BCUT2D eigenvalue weighted by Gasteiger charge is -2.25. The van der Waals surface area contributed by atoms with Gasteiger partial charge >= 0.3 is 5.97 Å². The van der Waals surface area contributed by atoms with Gasteiger partial charge in [0.15, 0.2) is 0 Å². The molecule has 0 unspecified atom stereocenters. The maximum absolute atomic E-state index is 12.9. The zero-order valence-corrected chi connectivity index (χ0v) is 18.2. The second kappa shape index (κ2) is 8.94. The average Bonchev–Trinajstić information content (AvgIpc) is 3.47. The lowest BCUT2D eigenvalue weighted by Crippen LogP contribution is -2.14. The van der Waals surface area contributed by atoms with Crippen LogP contribution >= 0.6 is 0 Å². The van der Waals surface area contributed by atoms with Crippen LogP contribution in [-0.2, 0) is 11.2 Å². The van der Waals surface area contributed by atoms with E-state index in [0.29, 0.717) is 22.9 Å². The van der Waals surface area contributed by atoms with Crippen molar-refractivity contribution in [3.05, 3.63) is 72.2 Å². The number of anilines is 1. The Labute approximate surface area is 191 Å². The van der Waals surface area contributed by atoms with Crippen LogP contribution in [-0.4, -0.2) is 26.5 Å². The van der Waals surface area contributed by atoms with Crippen LogP contribution in [0.15, 0.2) is 65.5 Å². The number of aromatic nitrogens is 2. The number of nitrogens with one attached hydrogen (secondary N) is 1. The molecule has 0 radical (unpaired) electrons. The van der Waals surface area contributed by atoms with Gasteiger partial charge in [-0.3, -0.25) is 9.59 Å². The van der Waals surface area contributed by atoms with Gasteiger partial charge in [0.2, 0.25) is 0 Å². The topological polar surface area (TPSA) is 97.4 Å². The Bertz CT molecular complexity index is 1300. The standard InChI is InChI=1S/C26H25N3O4/c30-24(31)14-17-5-4-6-20(13-17)27-26(32)18-9-10-23-22(15-18)28-25(19-11-12-33-16-19)29(23)21-7-2-1-3-8-21/h4-6,9-13,15-16,21H,1-3,7-8,14H2,(H,27,32)(H,30,31). The Morgan fingerprint density at radius 3 is 2.70 bits per heavy atom. The van der Waals surface area contributed by atoms with E-state index >= 15 is 0 Å². The number of carboxylic acid groups (broad SMARTS) is 1. The van der Waals surface area contributed by atoms with Gasteiger partial charge in [0.25, 0.3) is 5.91 Å². The second-order valence-corrected chi connectivity index (χ2v) is 8.54. The average molecular weight is 444 g/mol. The number of carboxylic acids is 1. The number of fused-ring (bicyclic) bond motifs is 1. The number of hydrogen-bond donors (Lipinski definition) is 2. The van der Waals surface area contributed by atoms with E-state index in [-0.39, 0.29) is 12.3 Å². The Morgan fingerprint density at radius 2 is 1.94 bits per heavy atom. The van der Waals surface area contributed by atoms with Crippen LogP contribution in [0.1, 0.15) is 54.1 Å². The summed E-state index contributed by atoms with van der Waals surface area (Å²) in [5.74, 6) is -0.308. The summed E-state index contributed by atoms with van der Waals surface area (Å²) in [6, 6.07) is 14.8. The summed E-state index contributed by atoms with van der Waals surface area (Å²) in [4.78, 5) is 28.8. The molecule has 2 heterocycles. The molecule has 4 aromatic rings. The SMILES string of the molecule is O=C(O)Cc1cccc(NC(=O)c2ccc3c(c2)nc(-c2ccoc2)n3C2CCCCC2)c1. The summed E-state index contributed by atoms with van der Waals surface area (Å²) in [6.07, 6.45) is 9.17. The van der Waals surface area contributed by atoms with Crippen molar-refractivity contribution in [2.45, 2.75) is 44.6 Å². The van der Waals surface area contributed by atoms with Crippen molar-refractivity contribution in [2.75, 3.05) is 5.32 Å². The lowest BCUT2D eigenvalue weighted by atomic mass is 9.95. The lowest BCUT2D eigenvalue weighted by molar-refractivity contribution is -0.136. The Hall–Kier alpha value is -3.87. The van der Waals surface area contributed by atoms with Gasteiger partial charge < -0.3 is 19.4 Å². The molecule has 0 spiro atoms. The Morgan fingerprint density at radius 1 is 1.09 bits per heavy atom. The number of amides is 1. The largest absolute Gasteiger partial charge is 0.481 e. The van der Waals surface area contributed by atoms with Gasteiger partial charge in [-0.1, -0.05) is 31.4 Å². The monoisotopic (exact) mass is 443 g/mol. The quantitative estimate of drug-likeness (QED) is 0.399. The fourth-order valence-electron chi connectivity index (χ4n) is 4.68. The van der Waals surface area contributed by atoms with Crippen molar-refractivity contribution in [1.29, 1.82) is 0 Å². The fourth-order valence-corrected chi connectivity index (χ4v) is 4.68. The molecular weight excluding hydrogens is 418 g/mol. The summed E-state index contributed by atoms with van der Waals surface area (Å²) in [5, 5.41) is 11.9. The number of carbonyl (C=O) groups excluding carboxylic acids is 1. The van der Waals surface area contributed by atoms with Crippen LogP contribution in [0.25, 0.3) is 22.4 Å². The molecule has 1 aliphatic rings. The van der Waals surface area contributed by atoms with Crippen LogP contribution in [0.2, 0.25) is 0 Å². The minimum Gasteiger partial charge on any atom is -0.481 e. The summed E-state index contributed by atoms with van der Waals surface area (Å²) < 4.78 is 7.62. The zero-order valence-electron chi connectivity index (χ0n) is 18.2. The van der Waals surface area contributed by atoms with E-state index in [2.05, 4.69) is 9.88 Å². The molecule has 1 aliphatic carbocycles. The van der Waals surface area contributed by atoms with E-state index in [1.165, 1.54) is 19.3 Å². The predicted molar refractivity (Wildman–Crippen MR) is 125 cm³/mol. The van der Waals surface area contributed by atoms with Gasteiger partial charge in [-0.05, 0) is 54.8 Å². The van der Waals surface area contributed by atoms with E-state index in [1.807, 2.05) is 24.3 Å². The minimum atomic E-state index is -0.911. The summed E-state index contributed by atoms with van der Waals surface area (Å²) in [5.41, 5.74) is 4.40. The molecule has 0 bridgehead atoms. The Balaban J connectivity index is 1.47. The van der Waals surface area contributed by atoms with E-state index < -0.39 is 5.97 Å². The maximum Gasteiger partial charge on any atom is 0.307 e. The van der Waals surface area contributed by atoms with E-state index in [0.717, 1.165) is 35.3 Å². The van der Waals surface area contributed by atoms with Gasteiger partial charge in [-0.2, -0.15) is 0 Å². The molecule has 7 heteroatoms. The first-order valence-electron chi connectivity index (χ1n) is 11.2. The molecule has 33 heavy (non-hydrogen) atoms. The molecule has 2 aromatic carbocycles. The molecule has 0 aliphatic heterocycles. The maximum atomic E-state index is 12.9. The number of carbonyl (C=O) groups is 2. The van der Waals surface area contributed by atoms with E-state index in [9.17, 15) is 9.59 Å². The molecule has 2 aromatic heterocycles. The first-order chi connectivity index (χ1) is 16.1. The molecule has 0 atom stereocenters. The van der Waals surface area contributed by atoms with Crippen LogP contribution in [0, 0.1) is 0 Å². The van der Waals surface area contributed by atoms with Crippen molar-refractivity contribution in [1.82, 2.24) is 9.55 Å². The summed E-state index contributed by atoms with van der Waals surface area (Å²) >= 11 is 0. The van der Waals surface area contributed by atoms with Gasteiger partial charge in [-0.15, -0.1) is 0 Å². The van der Waals surface area contributed by atoms with Gasteiger partial charge in [0.05, 0.1) is 29.3 Å². The Kier molecular flexibility index (Phi) is 5.69. The minimum absolute atomic E-state index is 0.0922.